The highest BCUT2D eigenvalue weighted by Gasteiger charge is 2.22. The van der Waals surface area contributed by atoms with Crippen molar-refractivity contribution in [2.45, 2.75) is 4.90 Å². The molecule has 0 N–H and O–H groups in total. The van der Waals surface area contributed by atoms with E-state index in [4.69, 9.17) is 20.5 Å². The van der Waals surface area contributed by atoms with E-state index in [2.05, 4.69) is 0 Å². The second kappa shape index (κ2) is 6.10. The van der Waals surface area contributed by atoms with Crippen LogP contribution in [0.25, 0.3) is 10.8 Å². The highest BCUT2D eigenvalue weighted by atomic mass is 35.5. The van der Waals surface area contributed by atoms with Gasteiger partial charge in [-0.25, -0.2) is 0 Å². The summed E-state index contributed by atoms with van der Waals surface area (Å²) in [7, 11) is -2.49. The molecule has 3 aromatic rings. The largest absolute Gasteiger partial charge is 0.496 e. The first-order valence-electron chi connectivity index (χ1n) is 6.77. The van der Waals surface area contributed by atoms with Gasteiger partial charge in [0.15, 0.2) is 5.75 Å². The van der Waals surface area contributed by atoms with E-state index in [0.29, 0.717) is 16.5 Å². The molecule has 0 aliphatic heterocycles. The summed E-state index contributed by atoms with van der Waals surface area (Å²) in [6.45, 7) is 0. The maximum absolute atomic E-state index is 12.6. The fourth-order valence-electron chi connectivity index (χ4n) is 2.32. The number of halogens is 1. The Morgan fingerprint density at radius 2 is 1.48 bits per heavy atom. The molecule has 6 heteroatoms. The van der Waals surface area contributed by atoms with Gasteiger partial charge in [0.2, 0.25) is 0 Å². The molecule has 0 bridgehead atoms. The van der Waals surface area contributed by atoms with Gasteiger partial charge in [-0.3, -0.25) is 0 Å². The standard InChI is InChI=1S/C17H13ClO4S/c1-21-15-10-11-17(13-7-3-2-6-12(13)15)23(19,20)22-16-9-5-4-8-14(16)18/h2-11H,1H3. The zero-order valence-corrected chi connectivity index (χ0v) is 13.8. The summed E-state index contributed by atoms with van der Waals surface area (Å²) in [6.07, 6.45) is 0. The van der Waals surface area contributed by atoms with Crippen LogP contribution in [0.1, 0.15) is 0 Å². The van der Waals surface area contributed by atoms with Gasteiger partial charge in [-0.05, 0) is 24.3 Å². The lowest BCUT2D eigenvalue weighted by molar-refractivity contribution is 0.419. The number of para-hydroxylation sites is 1. The SMILES string of the molecule is COc1ccc(S(=O)(=O)Oc2ccccc2Cl)c2ccccc12. The van der Waals surface area contributed by atoms with Crippen LogP contribution in [-0.4, -0.2) is 15.5 Å². The minimum atomic E-state index is -4.03. The van der Waals surface area contributed by atoms with Crippen LogP contribution in [-0.2, 0) is 10.1 Å². The quantitative estimate of drug-likeness (QED) is 0.661. The van der Waals surface area contributed by atoms with Gasteiger partial charge in [0.05, 0.1) is 12.1 Å². The summed E-state index contributed by atoms with van der Waals surface area (Å²) in [5, 5.41) is 1.45. The van der Waals surface area contributed by atoms with E-state index in [1.165, 1.54) is 19.2 Å². The number of methoxy groups -OCH3 is 1. The van der Waals surface area contributed by atoms with Crippen molar-refractivity contribution in [2.75, 3.05) is 7.11 Å². The van der Waals surface area contributed by atoms with E-state index in [0.717, 1.165) is 0 Å². The van der Waals surface area contributed by atoms with Crippen molar-refractivity contribution >= 4 is 32.5 Å². The maximum Gasteiger partial charge on any atom is 0.339 e. The van der Waals surface area contributed by atoms with E-state index < -0.39 is 10.1 Å². The minimum Gasteiger partial charge on any atom is -0.496 e. The van der Waals surface area contributed by atoms with Crippen LogP contribution in [0.4, 0.5) is 0 Å². The molecule has 0 aliphatic carbocycles. The molecule has 118 valence electrons. The third kappa shape index (κ3) is 2.98. The number of fused-ring (bicyclic) bond motifs is 1. The predicted molar refractivity (Wildman–Crippen MR) is 89.8 cm³/mol. The van der Waals surface area contributed by atoms with Gasteiger partial charge in [-0.15, -0.1) is 0 Å². The van der Waals surface area contributed by atoms with Crippen molar-refractivity contribution in [1.29, 1.82) is 0 Å². The summed E-state index contributed by atoms with van der Waals surface area (Å²) in [6, 6.07) is 16.6. The Bertz CT molecular complexity index is 967. The molecular weight excluding hydrogens is 336 g/mol. The summed E-state index contributed by atoms with van der Waals surface area (Å²) < 4.78 is 35.8. The van der Waals surface area contributed by atoms with Gasteiger partial charge in [-0.1, -0.05) is 48.0 Å². The van der Waals surface area contributed by atoms with Crippen molar-refractivity contribution in [2.24, 2.45) is 0 Å². The van der Waals surface area contributed by atoms with Crippen molar-refractivity contribution in [1.82, 2.24) is 0 Å². The van der Waals surface area contributed by atoms with Crippen LogP contribution in [0.3, 0.4) is 0 Å². The molecule has 4 nitrogen and oxygen atoms in total. The van der Waals surface area contributed by atoms with Crippen LogP contribution in [0.15, 0.2) is 65.6 Å². The van der Waals surface area contributed by atoms with E-state index >= 15 is 0 Å². The first-order valence-corrected chi connectivity index (χ1v) is 8.56. The molecule has 0 fully saturated rings. The average Bonchev–Trinajstić information content (AvgIpc) is 2.55. The van der Waals surface area contributed by atoms with Crippen molar-refractivity contribution < 1.29 is 17.3 Å². The van der Waals surface area contributed by atoms with Gasteiger partial charge < -0.3 is 8.92 Å². The molecule has 0 saturated carbocycles. The van der Waals surface area contributed by atoms with Gasteiger partial charge in [0.25, 0.3) is 0 Å². The molecule has 0 aliphatic rings. The van der Waals surface area contributed by atoms with E-state index in [9.17, 15) is 8.42 Å². The predicted octanol–water partition coefficient (Wildman–Crippen LogP) is 4.27. The Morgan fingerprint density at radius 3 is 2.17 bits per heavy atom. The monoisotopic (exact) mass is 348 g/mol. The lowest BCUT2D eigenvalue weighted by Gasteiger charge is -2.12. The zero-order valence-electron chi connectivity index (χ0n) is 12.2. The lowest BCUT2D eigenvalue weighted by atomic mass is 10.1. The molecule has 0 unspecified atom stereocenters. The normalized spacial score (nSPS) is 11.4. The third-order valence-electron chi connectivity index (χ3n) is 3.37. The summed E-state index contributed by atoms with van der Waals surface area (Å²) >= 11 is 5.97. The first-order chi connectivity index (χ1) is 11.0. The molecule has 0 heterocycles. The van der Waals surface area contributed by atoms with E-state index in [1.807, 2.05) is 6.07 Å². The van der Waals surface area contributed by atoms with Crippen molar-refractivity contribution in [3.8, 4) is 11.5 Å². The molecular formula is C17H13ClO4S. The van der Waals surface area contributed by atoms with Crippen molar-refractivity contribution in [3.63, 3.8) is 0 Å². The molecule has 0 aromatic heterocycles. The first kappa shape index (κ1) is 15.6. The minimum absolute atomic E-state index is 0.0637. The second-order valence-electron chi connectivity index (χ2n) is 4.78. The summed E-state index contributed by atoms with van der Waals surface area (Å²) in [5.41, 5.74) is 0. The molecule has 23 heavy (non-hydrogen) atoms. The van der Waals surface area contributed by atoms with Gasteiger partial charge in [-0.2, -0.15) is 8.42 Å². The Labute approximate surface area is 139 Å². The van der Waals surface area contributed by atoms with Crippen LogP contribution in [0.2, 0.25) is 5.02 Å². The van der Waals surface area contributed by atoms with E-state index in [-0.39, 0.29) is 15.7 Å². The highest BCUT2D eigenvalue weighted by molar-refractivity contribution is 7.87. The molecule has 0 saturated heterocycles. The molecule has 0 atom stereocenters. The van der Waals surface area contributed by atoms with Crippen LogP contribution in [0, 0.1) is 0 Å². The average molecular weight is 349 g/mol. The molecule has 3 rings (SSSR count). The van der Waals surface area contributed by atoms with Gasteiger partial charge >= 0.3 is 10.1 Å². The van der Waals surface area contributed by atoms with Gasteiger partial charge in [0, 0.05) is 10.8 Å². The Balaban J connectivity index is 2.14. The molecule has 0 amide bonds. The Kier molecular flexibility index (Phi) is 4.15. The zero-order chi connectivity index (χ0) is 16.4. The number of ether oxygens (including phenoxy) is 1. The topological polar surface area (TPSA) is 52.6 Å². The Morgan fingerprint density at radius 1 is 0.826 bits per heavy atom. The smallest absolute Gasteiger partial charge is 0.339 e. The number of rotatable bonds is 4. The molecule has 0 radical (unpaired) electrons. The van der Waals surface area contributed by atoms with Crippen LogP contribution < -0.4 is 8.92 Å². The highest BCUT2D eigenvalue weighted by Crippen LogP contribution is 2.33. The molecule has 0 spiro atoms. The van der Waals surface area contributed by atoms with Crippen LogP contribution in [0.5, 0.6) is 11.5 Å². The molecule has 3 aromatic carbocycles. The maximum atomic E-state index is 12.6. The summed E-state index contributed by atoms with van der Waals surface area (Å²) in [4.78, 5) is 0.0637. The Hall–Kier alpha value is -2.24. The fraction of sp³-hybridized carbons (Fsp3) is 0.0588. The van der Waals surface area contributed by atoms with Crippen LogP contribution >= 0.6 is 11.6 Å². The van der Waals surface area contributed by atoms with Gasteiger partial charge in [0.1, 0.15) is 10.6 Å². The summed E-state index contributed by atoms with van der Waals surface area (Å²) in [5.74, 6) is 0.686. The van der Waals surface area contributed by atoms with Crippen molar-refractivity contribution in [3.05, 3.63) is 65.7 Å². The van der Waals surface area contributed by atoms with E-state index in [1.54, 1.807) is 42.5 Å². The second-order valence-corrected chi connectivity index (χ2v) is 6.70. The fourth-order valence-corrected chi connectivity index (χ4v) is 3.69. The number of hydrogen-bond donors (Lipinski definition) is 0. The number of hydrogen-bond acceptors (Lipinski definition) is 4. The third-order valence-corrected chi connectivity index (χ3v) is 4.98. The lowest BCUT2D eigenvalue weighted by Crippen LogP contribution is -2.10. The number of benzene rings is 3.